The molecule has 186 valence electrons. The number of sulfonamides is 1. The maximum absolute atomic E-state index is 13.5. The van der Waals surface area contributed by atoms with Crippen molar-refractivity contribution in [2.45, 2.75) is 84.6 Å². The summed E-state index contributed by atoms with van der Waals surface area (Å²) in [6, 6.07) is 2.05. The Morgan fingerprint density at radius 3 is 2.15 bits per heavy atom. The Bertz CT molecular complexity index is 953. The molecule has 2 fully saturated rings. The molecule has 33 heavy (non-hydrogen) atoms. The highest BCUT2D eigenvalue weighted by Gasteiger charge is 2.35. The van der Waals surface area contributed by atoms with Crippen LogP contribution in [0.3, 0.4) is 0 Å². The fraction of sp³-hybridized carbons (Fsp3) is 0.731. The van der Waals surface area contributed by atoms with E-state index in [1.165, 1.54) is 12.8 Å². The SMILES string of the molecule is Cc1cc(C)c(C)c(S(=O)(=O)N2CCC(C(=O)NCC(C)(C)N3CCCC(C)C3)CC2)c1C. The summed E-state index contributed by atoms with van der Waals surface area (Å²) >= 11 is 0. The highest BCUT2D eigenvalue weighted by molar-refractivity contribution is 7.89. The molecule has 1 aromatic rings. The molecule has 0 aliphatic carbocycles. The number of rotatable bonds is 6. The number of carbonyl (C=O) groups excluding carboxylic acids is 1. The van der Waals surface area contributed by atoms with Gasteiger partial charge in [0, 0.05) is 37.6 Å². The maximum atomic E-state index is 13.5. The van der Waals surface area contributed by atoms with Gasteiger partial charge in [0.05, 0.1) is 4.90 Å². The van der Waals surface area contributed by atoms with E-state index in [4.69, 9.17) is 0 Å². The molecule has 1 N–H and O–H groups in total. The zero-order chi connectivity index (χ0) is 24.6. The van der Waals surface area contributed by atoms with Crippen LogP contribution in [0.2, 0.25) is 0 Å². The predicted molar refractivity (Wildman–Crippen MR) is 134 cm³/mol. The van der Waals surface area contributed by atoms with Gasteiger partial charge in [0.15, 0.2) is 0 Å². The molecular formula is C26H43N3O3S. The zero-order valence-electron chi connectivity index (χ0n) is 21.6. The molecule has 1 amide bonds. The monoisotopic (exact) mass is 477 g/mol. The third kappa shape index (κ3) is 5.63. The zero-order valence-corrected chi connectivity index (χ0v) is 22.4. The lowest BCUT2D eigenvalue weighted by Gasteiger charge is -2.43. The molecule has 0 bridgehead atoms. The number of aryl methyl sites for hydroxylation is 2. The normalized spacial score (nSPS) is 21.8. The van der Waals surface area contributed by atoms with Crippen LogP contribution in [0.1, 0.15) is 68.7 Å². The predicted octanol–water partition coefficient (Wildman–Crippen LogP) is 3.95. The van der Waals surface area contributed by atoms with Crippen LogP contribution in [0.4, 0.5) is 0 Å². The van der Waals surface area contributed by atoms with Gasteiger partial charge >= 0.3 is 0 Å². The van der Waals surface area contributed by atoms with Gasteiger partial charge in [-0.2, -0.15) is 4.31 Å². The van der Waals surface area contributed by atoms with E-state index in [1.54, 1.807) is 4.31 Å². The van der Waals surface area contributed by atoms with E-state index < -0.39 is 10.0 Å². The first-order valence-corrected chi connectivity index (χ1v) is 13.9. The molecule has 1 atom stereocenters. The Hall–Kier alpha value is -1.44. The van der Waals surface area contributed by atoms with Crippen molar-refractivity contribution in [3.63, 3.8) is 0 Å². The largest absolute Gasteiger partial charge is 0.354 e. The molecule has 2 saturated heterocycles. The number of likely N-dealkylation sites (tertiary alicyclic amines) is 1. The van der Waals surface area contributed by atoms with E-state index in [0.717, 1.165) is 35.3 Å². The smallest absolute Gasteiger partial charge is 0.243 e. The van der Waals surface area contributed by atoms with Gasteiger partial charge in [-0.15, -0.1) is 0 Å². The molecule has 7 heteroatoms. The van der Waals surface area contributed by atoms with Gasteiger partial charge in [0.25, 0.3) is 0 Å². The molecule has 2 heterocycles. The molecule has 0 saturated carbocycles. The minimum Gasteiger partial charge on any atom is -0.354 e. The van der Waals surface area contributed by atoms with Crippen molar-refractivity contribution in [2.24, 2.45) is 11.8 Å². The first kappa shape index (κ1) is 26.2. The molecule has 0 spiro atoms. The summed E-state index contributed by atoms with van der Waals surface area (Å²) in [7, 11) is -3.58. The Balaban J connectivity index is 1.60. The summed E-state index contributed by atoms with van der Waals surface area (Å²) in [6.45, 7) is 18.0. The average molecular weight is 478 g/mol. The second-order valence-electron chi connectivity index (χ2n) is 11.0. The van der Waals surface area contributed by atoms with Crippen molar-refractivity contribution < 1.29 is 13.2 Å². The lowest BCUT2D eigenvalue weighted by molar-refractivity contribution is -0.126. The molecule has 0 radical (unpaired) electrons. The number of nitrogens with zero attached hydrogens (tertiary/aromatic N) is 2. The highest BCUT2D eigenvalue weighted by atomic mass is 32.2. The summed E-state index contributed by atoms with van der Waals surface area (Å²) in [6.07, 6.45) is 3.62. The molecule has 2 aliphatic rings. The summed E-state index contributed by atoms with van der Waals surface area (Å²) in [5.74, 6) is 0.627. The average Bonchev–Trinajstić information content (AvgIpc) is 2.76. The van der Waals surface area contributed by atoms with Gasteiger partial charge in [-0.1, -0.05) is 13.0 Å². The third-order valence-corrected chi connectivity index (χ3v) is 10.1. The Morgan fingerprint density at radius 1 is 1.03 bits per heavy atom. The number of hydrogen-bond acceptors (Lipinski definition) is 4. The van der Waals surface area contributed by atoms with Crippen LogP contribution >= 0.6 is 0 Å². The number of piperidine rings is 2. The molecule has 1 unspecified atom stereocenters. The number of carbonyl (C=O) groups is 1. The van der Waals surface area contributed by atoms with Crippen LogP contribution in [-0.2, 0) is 14.8 Å². The number of hydrogen-bond donors (Lipinski definition) is 1. The van der Waals surface area contributed by atoms with Crippen molar-refractivity contribution in [2.75, 3.05) is 32.7 Å². The third-order valence-electron chi connectivity index (χ3n) is 7.93. The molecule has 1 aromatic carbocycles. The van der Waals surface area contributed by atoms with E-state index >= 15 is 0 Å². The van der Waals surface area contributed by atoms with Gasteiger partial charge in [0.2, 0.25) is 15.9 Å². The quantitative estimate of drug-likeness (QED) is 0.674. The Labute approximate surface area is 201 Å². The van der Waals surface area contributed by atoms with E-state index in [9.17, 15) is 13.2 Å². The summed E-state index contributed by atoms with van der Waals surface area (Å²) < 4.78 is 28.6. The standard InChI is InChI=1S/C26H43N3O3S/c1-18-9-8-12-28(16-18)26(6,7)17-27-25(30)23-10-13-29(14-11-23)33(31,32)24-21(4)19(2)15-20(3)22(24)5/h15,18,23H,8-14,16-17H2,1-7H3,(H,27,30). The summed E-state index contributed by atoms with van der Waals surface area (Å²) in [5.41, 5.74) is 3.57. The van der Waals surface area contributed by atoms with E-state index in [2.05, 4.69) is 31.0 Å². The topological polar surface area (TPSA) is 69.7 Å². The van der Waals surface area contributed by atoms with Gasteiger partial charge in [-0.25, -0.2) is 8.42 Å². The number of nitrogens with one attached hydrogen (secondary N) is 1. The first-order valence-electron chi connectivity index (χ1n) is 12.4. The van der Waals surface area contributed by atoms with Crippen LogP contribution in [0.25, 0.3) is 0 Å². The van der Waals surface area contributed by atoms with Gasteiger partial charge < -0.3 is 5.32 Å². The molecule has 3 rings (SSSR count). The second-order valence-corrected chi connectivity index (χ2v) is 12.9. The molecule has 6 nitrogen and oxygen atoms in total. The van der Waals surface area contributed by atoms with Crippen molar-refractivity contribution in [1.82, 2.24) is 14.5 Å². The van der Waals surface area contributed by atoms with Crippen molar-refractivity contribution >= 4 is 15.9 Å². The minimum absolute atomic E-state index is 0.0592. The van der Waals surface area contributed by atoms with Gasteiger partial charge in [-0.05, 0) is 102 Å². The van der Waals surface area contributed by atoms with Gasteiger partial charge in [-0.3, -0.25) is 9.69 Å². The fourth-order valence-electron chi connectivity index (χ4n) is 5.35. The van der Waals surface area contributed by atoms with Gasteiger partial charge in [0.1, 0.15) is 0 Å². The van der Waals surface area contributed by atoms with Crippen LogP contribution in [0.15, 0.2) is 11.0 Å². The fourth-order valence-corrected chi connectivity index (χ4v) is 7.40. The number of amides is 1. The van der Waals surface area contributed by atoms with E-state index in [0.29, 0.717) is 43.3 Å². The van der Waals surface area contributed by atoms with Crippen LogP contribution in [0.5, 0.6) is 0 Å². The highest BCUT2D eigenvalue weighted by Crippen LogP contribution is 2.31. The van der Waals surface area contributed by atoms with Crippen molar-refractivity contribution in [3.05, 3.63) is 28.3 Å². The molecule has 2 aliphatic heterocycles. The van der Waals surface area contributed by atoms with Crippen LogP contribution in [-0.4, -0.2) is 61.8 Å². The molecule has 0 aromatic heterocycles. The lowest BCUT2D eigenvalue weighted by Crippen LogP contribution is -2.55. The first-order chi connectivity index (χ1) is 15.3. The van der Waals surface area contributed by atoms with E-state index in [1.807, 2.05) is 33.8 Å². The van der Waals surface area contributed by atoms with E-state index in [-0.39, 0.29) is 17.4 Å². The van der Waals surface area contributed by atoms with Crippen LogP contribution < -0.4 is 5.32 Å². The Morgan fingerprint density at radius 2 is 1.61 bits per heavy atom. The maximum Gasteiger partial charge on any atom is 0.243 e. The lowest BCUT2D eigenvalue weighted by atomic mass is 9.93. The van der Waals surface area contributed by atoms with Crippen molar-refractivity contribution in [1.29, 1.82) is 0 Å². The second kappa shape index (κ2) is 10.0. The summed E-state index contributed by atoms with van der Waals surface area (Å²) in [4.78, 5) is 15.9. The Kier molecular flexibility index (Phi) is 7.97. The summed E-state index contributed by atoms with van der Waals surface area (Å²) in [5, 5.41) is 3.17. The molecular weight excluding hydrogens is 434 g/mol. The number of benzene rings is 1. The minimum atomic E-state index is -3.58. The van der Waals surface area contributed by atoms with Crippen molar-refractivity contribution in [3.8, 4) is 0 Å². The van der Waals surface area contributed by atoms with Crippen LogP contribution in [0, 0.1) is 39.5 Å².